The zero-order valence-electron chi connectivity index (χ0n) is 5.94. The molecule has 1 aliphatic heterocycles. The van der Waals surface area contributed by atoms with Gasteiger partial charge in [-0.15, -0.1) is 0 Å². The lowest BCUT2D eigenvalue weighted by Crippen LogP contribution is -2.30. The molecule has 1 aliphatic carbocycles. The minimum atomic E-state index is -1.00. The number of ether oxygens (including phenoxy) is 1. The van der Waals surface area contributed by atoms with Crippen LogP contribution in [0.15, 0.2) is 11.3 Å². The van der Waals surface area contributed by atoms with Gasteiger partial charge in [-0.25, -0.2) is 0 Å². The van der Waals surface area contributed by atoms with Crippen LogP contribution in [0, 0.1) is 0 Å². The lowest BCUT2D eigenvalue weighted by atomic mass is 9.96. The van der Waals surface area contributed by atoms with Gasteiger partial charge in [-0.05, 0) is 6.92 Å². The van der Waals surface area contributed by atoms with Gasteiger partial charge in [0, 0.05) is 5.57 Å². The Morgan fingerprint density at radius 3 is 2.82 bits per heavy atom. The molecule has 1 saturated heterocycles. The maximum Gasteiger partial charge on any atom is 0.193 e. The van der Waals surface area contributed by atoms with Crippen LogP contribution in [0.25, 0.3) is 0 Å². The van der Waals surface area contributed by atoms with Crippen molar-refractivity contribution in [3.8, 4) is 0 Å². The second-order valence-corrected chi connectivity index (χ2v) is 2.84. The molecule has 1 heterocycles. The number of hydrogen-bond acceptors (Lipinski definition) is 4. The molecular formula is C7H8O4. The van der Waals surface area contributed by atoms with Crippen molar-refractivity contribution in [2.75, 3.05) is 0 Å². The van der Waals surface area contributed by atoms with Crippen molar-refractivity contribution in [2.45, 2.75) is 25.2 Å². The first-order chi connectivity index (χ1) is 5.13. The van der Waals surface area contributed by atoms with Crippen LogP contribution in [0.1, 0.15) is 6.92 Å². The SMILES string of the molecule is CC1=C(O)[C@H](O)[C@@H]2O[C@@H]2C1=O. The number of aliphatic hydroxyl groups excluding tert-OH is 2. The van der Waals surface area contributed by atoms with Crippen LogP contribution < -0.4 is 0 Å². The van der Waals surface area contributed by atoms with Crippen LogP contribution in [-0.4, -0.2) is 34.3 Å². The number of Topliss-reactive ketones (excluding diaryl/α,β-unsaturated/α-hetero) is 1. The van der Waals surface area contributed by atoms with Crippen LogP contribution >= 0.6 is 0 Å². The molecular weight excluding hydrogens is 148 g/mol. The Bertz CT molecular complexity index is 255. The van der Waals surface area contributed by atoms with E-state index in [-0.39, 0.29) is 17.1 Å². The largest absolute Gasteiger partial charge is 0.509 e. The smallest absolute Gasteiger partial charge is 0.193 e. The third-order valence-corrected chi connectivity index (χ3v) is 2.13. The van der Waals surface area contributed by atoms with E-state index in [1.165, 1.54) is 6.92 Å². The molecule has 0 aromatic carbocycles. The second kappa shape index (κ2) is 1.84. The number of aliphatic hydroxyl groups is 2. The van der Waals surface area contributed by atoms with Crippen LogP contribution in [0.5, 0.6) is 0 Å². The Hall–Kier alpha value is -0.870. The number of carbonyl (C=O) groups excluding carboxylic acids is 1. The Labute approximate surface area is 63.1 Å². The predicted octanol–water partition coefficient (Wildman–Crippen LogP) is -0.471. The highest BCUT2D eigenvalue weighted by Gasteiger charge is 2.55. The summed E-state index contributed by atoms with van der Waals surface area (Å²) in [5.74, 6) is -0.452. The summed E-state index contributed by atoms with van der Waals surface area (Å²) < 4.78 is 4.84. The molecule has 0 unspecified atom stereocenters. The van der Waals surface area contributed by atoms with Crippen molar-refractivity contribution in [3.63, 3.8) is 0 Å². The monoisotopic (exact) mass is 156 g/mol. The number of fused-ring (bicyclic) bond motifs is 1. The Morgan fingerprint density at radius 1 is 1.55 bits per heavy atom. The molecule has 3 atom stereocenters. The normalized spacial score (nSPS) is 42.4. The molecule has 4 heteroatoms. The third-order valence-electron chi connectivity index (χ3n) is 2.13. The highest BCUT2D eigenvalue weighted by Crippen LogP contribution is 2.36. The van der Waals surface area contributed by atoms with E-state index in [4.69, 9.17) is 9.84 Å². The van der Waals surface area contributed by atoms with Crippen molar-refractivity contribution >= 4 is 5.78 Å². The van der Waals surface area contributed by atoms with Gasteiger partial charge in [0.05, 0.1) is 0 Å². The van der Waals surface area contributed by atoms with E-state index < -0.39 is 18.3 Å². The molecule has 0 amide bonds. The van der Waals surface area contributed by atoms with Gasteiger partial charge in [0.2, 0.25) is 0 Å². The zero-order valence-corrected chi connectivity index (χ0v) is 5.94. The summed E-state index contributed by atoms with van der Waals surface area (Å²) in [4.78, 5) is 11.1. The topological polar surface area (TPSA) is 70.1 Å². The second-order valence-electron chi connectivity index (χ2n) is 2.84. The average Bonchev–Trinajstić information content (AvgIpc) is 2.76. The summed E-state index contributed by atoms with van der Waals surface area (Å²) in [6.07, 6.45) is -2.00. The van der Waals surface area contributed by atoms with Crippen LogP contribution in [0.4, 0.5) is 0 Å². The number of ketones is 1. The Balaban J connectivity index is 2.39. The van der Waals surface area contributed by atoms with Gasteiger partial charge in [-0.1, -0.05) is 0 Å². The van der Waals surface area contributed by atoms with Gasteiger partial charge < -0.3 is 14.9 Å². The van der Waals surface area contributed by atoms with E-state index in [2.05, 4.69) is 0 Å². The van der Waals surface area contributed by atoms with E-state index >= 15 is 0 Å². The summed E-state index contributed by atoms with van der Waals surface area (Å²) in [6.45, 7) is 1.48. The van der Waals surface area contributed by atoms with Crippen molar-refractivity contribution in [1.82, 2.24) is 0 Å². The fourth-order valence-electron chi connectivity index (χ4n) is 1.29. The number of rotatable bonds is 0. The first-order valence-electron chi connectivity index (χ1n) is 3.40. The van der Waals surface area contributed by atoms with E-state index in [9.17, 15) is 9.90 Å². The summed E-state index contributed by atoms with van der Waals surface area (Å²) in [5, 5.41) is 18.3. The van der Waals surface area contributed by atoms with E-state index in [1.54, 1.807) is 0 Å². The molecule has 11 heavy (non-hydrogen) atoms. The van der Waals surface area contributed by atoms with Crippen LogP contribution in [0.2, 0.25) is 0 Å². The average molecular weight is 156 g/mol. The molecule has 0 aromatic heterocycles. The molecule has 0 saturated carbocycles. The molecule has 2 rings (SSSR count). The molecule has 0 bridgehead atoms. The first kappa shape index (κ1) is 6.82. The maximum absolute atomic E-state index is 11.1. The summed E-state index contributed by atoms with van der Waals surface area (Å²) in [5.41, 5.74) is 0.219. The summed E-state index contributed by atoms with van der Waals surface area (Å²) in [6, 6.07) is 0. The highest BCUT2D eigenvalue weighted by molar-refractivity contribution is 6.02. The van der Waals surface area contributed by atoms with E-state index in [0.29, 0.717) is 0 Å². The molecule has 1 fully saturated rings. The highest BCUT2D eigenvalue weighted by atomic mass is 16.6. The minimum Gasteiger partial charge on any atom is -0.509 e. The first-order valence-corrected chi connectivity index (χ1v) is 3.40. The van der Waals surface area contributed by atoms with Gasteiger partial charge in [-0.3, -0.25) is 4.79 Å². The van der Waals surface area contributed by atoms with Gasteiger partial charge in [-0.2, -0.15) is 0 Å². The van der Waals surface area contributed by atoms with Crippen molar-refractivity contribution < 1.29 is 19.7 Å². The summed E-state index contributed by atoms with van der Waals surface area (Å²) >= 11 is 0. The molecule has 0 aromatic rings. The van der Waals surface area contributed by atoms with Crippen LogP contribution in [-0.2, 0) is 9.53 Å². The molecule has 60 valence electrons. The third kappa shape index (κ3) is 0.735. The quantitative estimate of drug-likeness (QED) is 0.465. The molecule has 2 N–H and O–H groups in total. The number of hydrogen-bond donors (Lipinski definition) is 2. The van der Waals surface area contributed by atoms with Gasteiger partial charge in [0.25, 0.3) is 0 Å². The summed E-state index contributed by atoms with van der Waals surface area (Å²) in [7, 11) is 0. The van der Waals surface area contributed by atoms with Crippen LogP contribution in [0.3, 0.4) is 0 Å². The zero-order chi connectivity index (χ0) is 8.17. The van der Waals surface area contributed by atoms with Gasteiger partial charge in [0.1, 0.15) is 24.1 Å². The van der Waals surface area contributed by atoms with E-state index in [1.807, 2.05) is 0 Å². The number of carbonyl (C=O) groups is 1. The maximum atomic E-state index is 11.1. The predicted molar refractivity (Wildman–Crippen MR) is 35.0 cm³/mol. The molecule has 2 aliphatic rings. The lowest BCUT2D eigenvalue weighted by Gasteiger charge is -2.13. The van der Waals surface area contributed by atoms with Gasteiger partial charge in [0.15, 0.2) is 5.78 Å². The molecule has 4 nitrogen and oxygen atoms in total. The van der Waals surface area contributed by atoms with E-state index in [0.717, 1.165) is 0 Å². The van der Waals surface area contributed by atoms with Crippen molar-refractivity contribution in [1.29, 1.82) is 0 Å². The van der Waals surface area contributed by atoms with Gasteiger partial charge >= 0.3 is 0 Å². The fraction of sp³-hybridized carbons (Fsp3) is 0.571. The van der Waals surface area contributed by atoms with Crippen molar-refractivity contribution in [3.05, 3.63) is 11.3 Å². The Kier molecular flexibility index (Phi) is 1.14. The van der Waals surface area contributed by atoms with Crippen molar-refractivity contribution in [2.24, 2.45) is 0 Å². The Morgan fingerprint density at radius 2 is 2.18 bits per heavy atom. The standard InChI is InChI=1S/C7H8O4/c1-2-3(8)5(10)7-6(11-7)4(2)9/h5-8,10H,1H3/t5-,6+,7-/m0/s1. The molecule has 0 radical (unpaired) electrons. The fourth-order valence-corrected chi connectivity index (χ4v) is 1.29. The minimum absolute atomic E-state index is 0.210. The number of epoxide rings is 1. The molecule has 0 spiro atoms. The lowest BCUT2D eigenvalue weighted by molar-refractivity contribution is -0.117.